The summed E-state index contributed by atoms with van der Waals surface area (Å²) in [5, 5.41) is 3.38. The molecule has 0 spiro atoms. The summed E-state index contributed by atoms with van der Waals surface area (Å²) in [6.45, 7) is 2.01. The summed E-state index contributed by atoms with van der Waals surface area (Å²) in [5.74, 6) is -0.0821. The summed E-state index contributed by atoms with van der Waals surface area (Å²) >= 11 is 1.40. The monoisotopic (exact) mass is 257 g/mol. The van der Waals surface area contributed by atoms with Crippen LogP contribution in [0.2, 0.25) is 0 Å². The summed E-state index contributed by atoms with van der Waals surface area (Å²) in [7, 11) is 0. The summed E-state index contributed by atoms with van der Waals surface area (Å²) < 4.78 is 0. The number of nitrogens with one attached hydrogen (secondary N) is 1. The normalized spacial score (nSPS) is 14.1. The van der Waals surface area contributed by atoms with E-state index in [-0.39, 0.29) is 5.91 Å². The maximum absolute atomic E-state index is 12.4. The van der Waals surface area contributed by atoms with Crippen molar-refractivity contribution < 1.29 is 4.79 Å². The van der Waals surface area contributed by atoms with Crippen molar-refractivity contribution in [3.63, 3.8) is 0 Å². The zero-order chi connectivity index (χ0) is 12.5. The van der Waals surface area contributed by atoms with Crippen LogP contribution in [0.25, 0.3) is 0 Å². The van der Waals surface area contributed by atoms with E-state index in [1.807, 2.05) is 42.6 Å². The predicted molar refractivity (Wildman–Crippen MR) is 73.6 cm³/mol. The number of amides is 1. The van der Waals surface area contributed by atoms with Gasteiger partial charge in [-0.05, 0) is 30.5 Å². The molecule has 0 radical (unpaired) electrons. The Morgan fingerprint density at radius 3 is 2.78 bits per heavy atom. The van der Waals surface area contributed by atoms with E-state index in [1.54, 1.807) is 0 Å². The highest BCUT2D eigenvalue weighted by atomic mass is 32.1. The number of hydrazine groups is 1. The van der Waals surface area contributed by atoms with Gasteiger partial charge in [0, 0.05) is 0 Å². The van der Waals surface area contributed by atoms with Crippen molar-refractivity contribution in [1.29, 1.82) is 0 Å². The van der Waals surface area contributed by atoms with Gasteiger partial charge in [0.15, 0.2) is 0 Å². The van der Waals surface area contributed by atoms with Crippen LogP contribution in [0.15, 0.2) is 40.7 Å². The van der Waals surface area contributed by atoms with Crippen LogP contribution in [-0.2, 0) is 0 Å². The molecule has 5 heteroatoms. The van der Waals surface area contributed by atoms with Crippen molar-refractivity contribution in [1.82, 2.24) is 5.43 Å². The van der Waals surface area contributed by atoms with E-state index in [2.05, 4.69) is 10.4 Å². The average molecular weight is 257 g/mol. The van der Waals surface area contributed by atoms with Crippen LogP contribution in [0.3, 0.4) is 0 Å². The number of hydrogen-bond donors (Lipinski definition) is 1. The molecule has 18 heavy (non-hydrogen) atoms. The minimum atomic E-state index is -0.0821. The third-order valence-electron chi connectivity index (χ3n) is 2.72. The van der Waals surface area contributed by atoms with Gasteiger partial charge in [-0.3, -0.25) is 10.2 Å². The zero-order valence-electron chi connectivity index (χ0n) is 9.75. The lowest BCUT2D eigenvalue weighted by atomic mass is 10.2. The maximum Gasteiger partial charge on any atom is 0.289 e. The van der Waals surface area contributed by atoms with Crippen LogP contribution in [0.4, 0.5) is 11.4 Å². The molecule has 0 atom stereocenters. The lowest BCUT2D eigenvalue weighted by Crippen LogP contribution is -2.41. The third kappa shape index (κ3) is 1.78. The van der Waals surface area contributed by atoms with Gasteiger partial charge in [0.05, 0.1) is 11.4 Å². The maximum atomic E-state index is 12.4. The zero-order valence-corrected chi connectivity index (χ0v) is 10.6. The molecule has 4 nitrogen and oxygen atoms in total. The minimum Gasteiger partial charge on any atom is -0.280 e. The number of benzene rings is 1. The molecule has 1 aliphatic heterocycles. The lowest BCUT2D eigenvalue weighted by molar-refractivity contribution is 0.0986. The Labute approximate surface area is 109 Å². The molecule has 90 valence electrons. The van der Waals surface area contributed by atoms with Crippen molar-refractivity contribution >= 4 is 35.0 Å². The first-order valence-corrected chi connectivity index (χ1v) is 6.41. The van der Waals surface area contributed by atoms with Gasteiger partial charge in [-0.1, -0.05) is 17.7 Å². The first-order chi connectivity index (χ1) is 8.75. The van der Waals surface area contributed by atoms with Crippen LogP contribution in [-0.4, -0.2) is 12.2 Å². The lowest BCUT2D eigenvalue weighted by Gasteiger charge is -2.20. The Hall–Kier alpha value is -2.14. The van der Waals surface area contributed by atoms with Crippen LogP contribution >= 0.6 is 11.3 Å². The number of rotatable bonds is 1. The molecule has 0 unspecified atom stereocenters. The fourth-order valence-corrected chi connectivity index (χ4v) is 2.53. The molecule has 0 aliphatic carbocycles. The molecule has 0 bridgehead atoms. The number of carbonyl (C=O) groups excluding carboxylic acids is 1. The van der Waals surface area contributed by atoms with E-state index in [4.69, 9.17) is 0 Å². The Balaban J connectivity index is 2.02. The number of fused-ring (bicyclic) bond motifs is 1. The van der Waals surface area contributed by atoms with Gasteiger partial charge in [0.25, 0.3) is 5.91 Å². The quantitative estimate of drug-likeness (QED) is 0.853. The molecule has 2 heterocycles. The van der Waals surface area contributed by atoms with Crippen molar-refractivity contribution in [2.24, 2.45) is 4.99 Å². The molecule has 0 saturated carbocycles. The number of hydrogen-bond acceptors (Lipinski definition) is 4. The van der Waals surface area contributed by atoms with Crippen molar-refractivity contribution in [2.75, 3.05) is 5.01 Å². The van der Waals surface area contributed by atoms with Gasteiger partial charge in [-0.15, -0.1) is 11.3 Å². The van der Waals surface area contributed by atoms with E-state index in [0.717, 1.165) is 11.3 Å². The molecule has 0 fully saturated rings. The molecule has 0 saturated heterocycles. The summed E-state index contributed by atoms with van der Waals surface area (Å²) in [4.78, 5) is 17.2. The number of aryl methyl sites for hydroxylation is 1. The van der Waals surface area contributed by atoms with Gasteiger partial charge in [-0.25, -0.2) is 10.0 Å². The highest BCUT2D eigenvalue weighted by Gasteiger charge is 2.23. The van der Waals surface area contributed by atoms with E-state index < -0.39 is 0 Å². The molecular formula is C13H11N3OS. The molecule has 3 rings (SSSR count). The number of aliphatic imine (C=N–C) groups is 1. The van der Waals surface area contributed by atoms with Gasteiger partial charge >= 0.3 is 0 Å². The third-order valence-corrected chi connectivity index (χ3v) is 3.62. The second-order valence-corrected chi connectivity index (χ2v) is 4.91. The van der Waals surface area contributed by atoms with Crippen molar-refractivity contribution in [3.05, 3.63) is 46.2 Å². The molecule has 1 aromatic heterocycles. The van der Waals surface area contributed by atoms with Crippen LogP contribution < -0.4 is 10.4 Å². The first-order valence-electron chi connectivity index (χ1n) is 5.53. The average Bonchev–Trinajstić information content (AvgIpc) is 2.78. The fourth-order valence-electron chi connectivity index (χ4n) is 1.77. The predicted octanol–water partition coefficient (Wildman–Crippen LogP) is 2.88. The Bertz CT molecular complexity index is 615. The second kappa shape index (κ2) is 4.27. The largest absolute Gasteiger partial charge is 0.289 e. The number of anilines is 1. The highest BCUT2D eigenvalue weighted by Crippen LogP contribution is 2.29. The van der Waals surface area contributed by atoms with E-state index in [0.29, 0.717) is 10.6 Å². The molecule has 1 aromatic carbocycles. The summed E-state index contributed by atoms with van der Waals surface area (Å²) in [5.41, 5.74) is 5.58. The Morgan fingerprint density at radius 2 is 2.00 bits per heavy atom. The minimum absolute atomic E-state index is 0.0821. The summed E-state index contributed by atoms with van der Waals surface area (Å²) in [6, 6.07) is 9.61. The molecular weight excluding hydrogens is 246 g/mol. The van der Waals surface area contributed by atoms with Crippen LogP contribution in [0, 0.1) is 6.92 Å². The second-order valence-electron chi connectivity index (χ2n) is 4.00. The topological polar surface area (TPSA) is 44.7 Å². The van der Waals surface area contributed by atoms with Crippen molar-refractivity contribution in [2.45, 2.75) is 6.92 Å². The molecule has 1 aliphatic rings. The van der Waals surface area contributed by atoms with Crippen LogP contribution in [0.1, 0.15) is 15.2 Å². The number of carbonyl (C=O) groups is 1. The van der Waals surface area contributed by atoms with Gasteiger partial charge in [0.2, 0.25) is 0 Å². The van der Waals surface area contributed by atoms with E-state index in [1.165, 1.54) is 22.7 Å². The first kappa shape index (κ1) is 11.0. The van der Waals surface area contributed by atoms with Gasteiger partial charge in [0.1, 0.15) is 11.2 Å². The molecule has 2 aromatic rings. The highest BCUT2D eigenvalue weighted by molar-refractivity contribution is 7.12. The Morgan fingerprint density at radius 1 is 1.22 bits per heavy atom. The van der Waals surface area contributed by atoms with E-state index >= 15 is 0 Å². The number of nitrogens with zero attached hydrogens (tertiary/aromatic N) is 2. The van der Waals surface area contributed by atoms with E-state index in [9.17, 15) is 4.79 Å². The van der Waals surface area contributed by atoms with Gasteiger partial charge < -0.3 is 0 Å². The molecule has 1 N–H and O–H groups in total. The van der Waals surface area contributed by atoms with Gasteiger partial charge in [-0.2, -0.15) is 0 Å². The number of thiophene rings is 1. The molecule has 1 amide bonds. The smallest absolute Gasteiger partial charge is 0.280 e. The summed E-state index contributed by atoms with van der Waals surface area (Å²) in [6.07, 6.45) is 1.54. The Kier molecular flexibility index (Phi) is 2.60. The SMILES string of the molecule is Cc1ccc(N2NC=Nc3ccsc3C2=O)cc1. The standard InChI is InChI=1S/C13H11N3OS/c1-9-2-4-10(5-3-9)16-13(17)12-11(6-7-18-12)14-8-15-16/h2-8H,1H3,(H,14,15). The van der Waals surface area contributed by atoms with Crippen molar-refractivity contribution in [3.8, 4) is 0 Å². The van der Waals surface area contributed by atoms with Crippen LogP contribution in [0.5, 0.6) is 0 Å². The fraction of sp³-hybridized carbons (Fsp3) is 0.0769.